The van der Waals surface area contributed by atoms with E-state index < -0.39 is 12.4 Å². The number of halogens is 3. The highest BCUT2D eigenvalue weighted by atomic mass is 19.4. The molecule has 1 aromatic rings. The topological polar surface area (TPSA) is 49.8 Å². The largest absolute Gasteiger partial charge is 0.509 e. The van der Waals surface area contributed by atoms with E-state index in [0.29, 0.717) is 0 Å². The van der Waals surface area contributed by atoms with Gasteiger partial charge >= 0.3 is 6.98 Å². The molecular formula is C7H5BF3N2-. The van der Waals surface area contributed by atoms with Crippen molar-refractivity contribution in [3.8, 4) is 6.07 Å². The number of nitrogen functional groups attached to an aromatic ring is 1. The third kappa shape index (κ3) is 1.93. The Balaban J connectivity index is 3.20. The summed E-state index contributed by atoms with van der Waals surface area (Å²) in [6.45, 7) is -5.03. The van der Waals surface area contributed by atoms with Gasteiger partial charge in [-0.25, -0.2) is 0 Å². The lowest BCUT2D eigenvalue weighted by Crippen LogP contribution is -2.34. The van der Waals surface area contributed by atoms with Crippen molar-refractivity contribution < 1.29 is 12.9 Å². The van der Waals surface area contributed by atoms with Crippen molar-refractivity contribution in [3.05, 3.63) is 23.8 Å². The van der Waals surface area contributed by atoms with Gasteiger partial charge in [-0.1, -0.05) is 12.1 Å². The van der Waals surface area contributed by atoms with Crippen LogP contribution in [0.15, 0.2) is 18.2 Å². The Bertz CT molecular complexity index is 367. The minimum atomic E-state index is -5.03. The summed E-state index contributed by atoms with van der Waals surface area (Å²) in [5, 5.41) is 8.41. The number of hydrogen-bond acceptors (Lipinski definition) is 2. The van der Waals surface area contributed by atoms with Crippen LogP contribution in [0.2, 0.25) is 0 Å². The van der Waals surface area contributed by atoms with Gasteiger partial charge in [0.25, 0.3) is 0 Å². The number of anilines is 1. The summed E-state index contributed by atoms with van der Waals surface area (Å²) in [5.74, 6) is 0. The van der Waals surface area contributed by atoms with Gasteiger partial charge in [0.05, 0.1) is 5.56 Å². The van der Waals surface area contributed by atoms with E-state index in [9.17, 15) is 12.9 Å². The molecular weight excluding hydrogens is 180 g/mol. The summed E-state index contributed by atoms with van der Waals surface area (Å²) in [6.07, 6.45) is 0. The molecule has 0 saturated heterocycles. The van der Waals surface area contributed by atoms with E-state index in [1.54, 1.807) is 6.07 Å². The smallest absolute Gasteiger partial charge is 0.445 e. The number of rotatable bonds is 1. The predicted octanol–water partition coefficient (Wildman–Crippen LogP) is 1.19. The molecule has 0 aliphatic heterocycles. The van der Waals surface area contributed by atoms with Gasteiger partial charge in [0.2, 0.25) is 0 Å². The Hall–Kier alpha value is -1.64. The molecule has 0 aliphatic carbocycles. The van der Waals surface area contributed by atoms with Gasteiger partial charge < -0.3 is 18.7 Å². The Morgan fingerprint density at radius 2 is 1.92 bits per heavy atom. The number of nitriles is 1. The molecule has 0 aliphatic rings. The fraction of sp³-hybridized carbons (Fsp3) is 0. The molecule has 0 saturated carbocycles. The first kappa shape index (κ1) is 9.45. The molecule has 1 rings (SSSR count). The lowest BCUT2D eigenvalue weighted by molar-refractivity contribution is 0.501. The fourth-order valence-electron chi connectivity index (χ4n) is 0.887. The molecule has 68 valence electrons. The van der Waals surface area contributed by atoms with Crippen molar-refractivity contribution in [2.75, 3.05) is 5.73 Å². The maximum atomic E-state index is 12.1. The van der Waals surface area contributed by atoms with Gasteiger partial charge in [-0.2, -0.15) is 5.26 Å². The second-order valence-electron chi connectivity index (χ2n) is 2.53. The van der Waals surface area contributed by atoms with E-state index in [0.717, 1.165) is 18.2 Å². The van der Waals surface area contributed by atoms with Crippen molar-refractivity contribution in [1.82, 2.24) is 0 Å². The predicted molar refractivity (Wildman–Crippen MR) is 44.3 cm³/mol. The first-order valence-corrected chi connectivity index (χ1v) is 3.44. The van der Waals surface area contributed by atoms with Gasteiger partial charge in [0.1, 0.15) is 6.07 Å². The fourth-order valence-corrected chi connectivity index (χ4v) is 0.887. The molecule has 0 radical (unpaired) electrons. The maximum Gasteiger partial charge on any atom is 0.509 e. The minimum absolute atomic E-state index is 0.0591. The first-order chi connectivity index (χ1) is 5.95. The van der Waals surface area contributed by atoms with Crippen molar-refractivity contribution >= 4 is 18.1 Å². The number of nitrogens with zero attached hydrogens (tertiary/aromatic N) is 1. The summed E-state index contributed by atoms with van der Waals surface area (Å²) < 4.78 is 36.4. The summed E-state index contributed by atoms with van der Waals surface area (Å²) in [6, 6.07) is 4.39. The van der Waals surface area contributed by atoms with Crippen molar-refractivity contribution in [3.63, 3.8) is 0 Å². The van der Waals surface area contributed by atoms with Crippen molar-refractivity contribution in [2.24, 2.45) is 0 Å². The molecule has 0 unspecified atom stereocenters. The zero-order valence-corrected chi connectivity index (χ0v) is 6.47. The van der Waals surface area contributed by atoms with Gasteiger partial charge in [-0.15, -0.1) is 5.46 Å². The SMILES string of the molecule is N#Cc1ccc([B-](F)(F)F)cc1N. The third-order valence-electron chi connectivity index (χ3n) is 1.57. The summed E-state index contributed by atoms with van der Waals surface area (Å²) in [5.41, 5.74) is 4.35. The number of nitrogens with two attached hydrogens (primary N) is 1. The normalized spacial score (nSPS) is 10.9. The Labute approximate surface area is 72.8 Å². The molecule has 6 heteroatoms. The van der Waals surface area contributed by atoms with E-state index in [4.69, 9.17) is 11.0 Å². The van der Waals surface area contributed by atoms with Crippen molar-refractivity contribution in [2.45, 2.75) is 0 Å². The van der Waals surface area contributed by atoms with Crippen LogP contribution in [-0.2, 0) is 0 Å². The Kier molecular flexibility index (Phi) is 2.19. The van der Waals surface area contributed by atoms with Crippen LogP contribution in [-0.4, -0.2) is 6.98 Å². The second-order valence-corrected chi connectivity index (χ2v) is 2.53. The van der Waals surface area contributed by atoms with Crippen LogP contribution in [0.4, 0.5) is 18.6 Å². The van der Waals surface area contributed by atoms with E-state index in [1.807, 2.05) is 0 Å². The number of benzene rings is 1. The standard InChI is InChI=1S/C7H5BF3N2/c9-8(10,11)6-2-1-5(4-12)7(13)3-6/h1-3H,13H2/q-1. The molecule has 2 nitrogen and oxygen atoms in total. The van der Waals surface area contributed by atoms with E-state index in [1.165, 1.54) is 0 Å². The van der Waals surface area contributed by atoms with Gasteiger partial charge in [-0.3, -0.25) is 0 Å². The highest BCUT2D eigenvalue weighted by Gasteiger charge is 2.25. The molecule has 1 aromatic carbocycles. The van der Waals surface area contributed by atoms with Gasteiger partial charge in [-0.05, 0) is 6.07 Å². The average molecular weight is 185 g/mol. The molecule has 2 N–H and O–H groups in total. The molecule has 0 spiro atoms. The first-order valence-electron chi connectivity index (χ1n) is 3.44. The van der Waals surface area contributed by atoms with Crippen LogP contribution < -0.4 is 11.2 Å². The van der Waals surface area contributed by atoms with E-state index >= 15 is 0 Å². The Morgan fingerprint density at radius 3 is 2.31 bits per heavy atom. The zero-order chi connectivity index (χ0) is 10.1. The summed E-state index contributed by atoms with van der Waals surface area (Å²) in [7, 11) is 0. The highest BCUT2D eigenvalue weighted by Crippen LogP contribution is 2.13. The quantitative estimate of drug-likeness (QED) is 0.527. The molecule has 0 heterocycles. The minimum Gasteiger partial charge on any atom is -0.445 e. The zero-order valence-electron chi connectivity index (χ0n) is 6.47. The molecule has 0 fully saturated rings. The maximum absolute atomic E-state index is 12.1. The van der Waals surface area contributed by atoms with Gasteiger partial charge in [0.15, 0.2) is 0 Å². The van der Waals surface area contributed by atoms with Crippen LogP contribution in [0.5, 0.6) is 0 Å². The van der Waals surface area contributed by atoms with Crippen LogP contribution in [0, 0.1) is 11.3 Å². The van der Waals surface area contributed by atoms with Crippen LogP contribution in [0.1, 0.15) is 5.56 Å². The molecule has 0 atom stereocenters. The summed E-state index contributed by atoms with van der Waals surface area (Å²) >= 11 is 0. The van der Waals surface area contributed by atoms with Crippen LogP contribution in [0.25, 0.3) is 0 Å². The lowest BCUT2D eigenvalue weighted by Gasteiger charge is -2.15. The third-order valence-corrected chi connectivity index (χ3v) is 1.57. The highest BCUT2D eigenvalue weighted by molar-refractivity contribution is 6.73. The molecule has 0 bridgehead atoms. The monoisotopic (exact) mass is 185 g/mol. The Morgan fingerprint density at radius 1 is 1.31 bits per heavy atom. The summed E-state index contributed by atoms with van der Waals surface area (Å²) in [4.78, 5) is 0. The molecule has 0 amide bonds. The molecule has 13 heavy (non-hydrogen) atoms. The van der Waals surface area contributed by atoms with Crippen LogP contribution in [0.3, 0.4) is 0 Å². The average Bonchev–Trinajstić information content (AvgIpc) is 2.02. The number of hydrogen-bond donors (Lipinski definition) is 1. The van der Waals surface area contributed by atoms with Crippen molar-refractivity contribution in [1.29, 1.82) is 5.26 Å². The van der Waals surface area contributed by atoms with E-state index in [-0.39, 0.29) is 11.3 Å². The second kappa shape index (κ2) is 3.01. The van der Waals surface area contributed by atoms with E-state index in [2.05, 4.69) is 0 Å². The van der Waals surface area contributed by atoms with Crippen LogP contribution >= 0.6 is 0 Å². The van der Waals surface area contributed by atoms with Gasteiger partial charge in [0, 0.05) is 5.69 Å². The molecule has 0 aromatic heterocycles. The lowest BCUT2D eigenvalue weighted by atomic mass is 9.79.